The third-order valence-electron chi connectivity index (χ3n) is 6.04. The van der Waals surface area contributed by atoms with Gasteiger partial charge in [-0.3, -0.25) is 14.9 Å². The molecule has 4 amide bonds. The number of nitrogens with one attached hydrogen (secondary N) is 1. The molecule has 1 saturated heterocycles. The first kappa shape index (κ1) is 29.7. The number of hydrogen-bond acceptors (Lipinski definition) is 7. The van der Waals surface area contributed by atoms with Gasteiger partial charge >= 0.3 is 12.0 Å². The molecule has 0 aromatic heterocycles. The van der Waals surface area contributed by atoms with Crippen LogP contribution in [0.4, 0.5) is 10.5 Å². The standard InChI is InChI=1S/C29H33ClN2O7/c1-4-6-7-8-9-10-15-39-25-23(30)17-19(18-24(25)38-5-2)16-22-26(33)31-29(36)32(27(22)34)21-13-11-20(12-14-21)28(35)37-3/h11-14,16-18H,4-10,15H2,1-3H3,(H,31,33,36)/b22-16-. The minimum Gasteiger partial charge on any atom is -0.490 e. The Morgan fingerprint density at radius 1 is 0.974 bits per heavy atom. The lowest BCUT2D eigenvalue weighted by molar-refractivity contribution is -0.122. The van der Waals surface area contributed by atoms with Crippen molar-refractivity contribution in [1.29, 1.82) is 0 Å². The van der Waals surface area contributed by atoms with Crippen molar-refractivity contribution in [2.75, 3.05) is 25.2 Å². The Hall–Kier alpha value is -3.85. The van der Waals surface area contributed by atoms with Crippen molar-refractivity contribution < 1.29 is 33.4 Å². The number of esters is 1. The van der Waals surface area contributed by atoms with Crippen LogP contribution < -0.4 is 19.7 Å². The van der Waals surface area contributed by atoms with Crippen LogP contribution in [0.2, 0.25) is 5.02 Å². The topological polar surface area (TPSA) is 111 Å². The second kappa shape index (κ2) is 14.3. The first-order valence-electron chi connectivity index (χ1n) is 13.0. The van der Waals surface area contributed by atoms with Gasteiger partial charge in [0.25, 0.3) is 11.8 Å². The zero-order chi connectivity index (χ0) is 28.4. The Bertz CT molecular complexity index is 1240. The van der Waals surface area contributed by atoms with Crippen LogP contribution in [0.1, 0.15) is 68.3 Å². The van der Waals surface area contributed by atoms with Gasteiger partial charge in [0.05, 0.1) is 36.6 Å². The quantitative estimate of drug-likeness (QED) is 0.141. The Labute approximate surface area is 233 Å². The van der Waals surface area contributed by atoms with Gasteiger partial charge in [0.2, 0.25) is 0 Å². The molecule has 208 valence electrons. The number of anilines is 1. The van der Waals surface area contributed by atoms with E-state index in [1.165, 1.54) is 56.7 Å². The van der Waals surface area contributed by atoms with Gasteiger partial charge in [0.15, 0.2) is 11.5 Å². The van der Waals surface area contributed by atoms with Crippen molar-refractivity contribution in [2.45, 2.75) is 52.4 Å². The molecule has 0 bridgehead atoms. The largest absolute Gasteiger partial charge is 0.490 e. The Morgan fingerprint density at radius 2 is 1.67 bits per heavy atom. The number of nitrogens with zero attached hydrogens (tertiary/aromatic N) is 1. The number of hydrogen-bond donors (Lipinski definition) is 1. The summed E-state index contributed by atoms with van der Waals surface area (Å²) in [4.78, 5) is 50.9. The summed E-state index contributed by atoms with van der Waals surface area (Å²) in [5.41, 5.74) is 0.569. The molecule has 39 heavy (non-hydrogen) atoms. The number of unbranched alkanes of at least 4 members (excludes halogenated alkanes) is 5. The first-order valence-corrected chi connectivity index (χ1v) is 13.4. The molecule has 3 rings (SSSR count). The maximum Gasteiger partial charge on any atom is 0.337 e. The second-order valence-corrected chi connectivity index (χ2v) is 9.28. The number of halogens is 1. The van der Waals surface area contributed by atoms with E-state index < -0.39 is 23.8 Å². The average Bonchev–Trinajstić information content (AvgIpc) is 2.91. The number of rotatable bonds is 13. The summed E-state index contributed by atoms with van der Waals surface area (Å²) in [6.45, 7) is 4.84. The van der Waals surface area contributed by atoms with Crippen LogP contribution in [-0.2, 0) is 14.3 Å². The van der Waals surface area contributed by atoms with Crippen molar-refractivity contribution in [3.63, 3.8) is 0 Å². The first-order chi connectivity index (χ1) is 18.8. The van der Waals surface area contributed by atoms with Crippen molar-refractivity contribution in [3.8, 4) is 11.5 Å². The molecule has 0 aliphatic carbocycles. The van der Waals surface area contributed by atoms with Crippen molar-refractivity contribution in [2.24, 2.45) is 0 Å². The zero-order valence-electron chi connectivity index (χ0n) is 22.4. The number of carbonyl (C=O) groups is 4. The highest BCUT2D eigenvalue weighted by Gasteiger charge is 2.37. The van der Waals surface area contributed by atoms with E-state index >= 15 is 0 Å². The lowest BCUT2D eigenvalue weighted by Crippen LogP contribution is -2.54. The number of amides is 4. The molecule has 0 radical (unpaired) electrons. The third kappa shape index (κ3) is 7.60. The van der Waals surface area contributed by atoms with Gasteiger partial charge in [-0.1, -0.05) is 50.6 Å². The fraction of sp³-hybridized carbons (Fsp3) is 0.379. The number of methoxy groups -OCH3 is 1. The molecule has 0 unspecified atom stereocenters. The van der Waals surface area contributed by atoms with Crippen LogP contribution >= 0.6 is 11.6 Å². The fourth-order valence-corrected chi connectivity index (χ4v) is 4.33. The van der Waals surface area contributed by atoms with Crippen molar-refractivity contribution in [3.05, 3.63) is 58.1 Å². The van der Waals surface area contributed by atoms with E-state index in [9.17, 15) is 19.2 Å². The molecule has 1 aliphatic heterocycles. The number of urea groups is 1. The Morgan fingerprint density at radius 3 is 2.33 bits per heavy atom. The Kier molecular flexibility index (Phi) is 10.9. The normalized spacial score (nSPS) is 14.4. The highest BCUT2D eigenvalue weighted by Crippen LogP contribution is 2.38. The van der Waals surface area contributed by atoms with E-state index in [1.807, 2.05) is 6.92 Å². The second-order valence-electron chi connectivity index (χ2n) is 8.88. The van der Waals surface area contributed by atoms with Gasteiger partial charge in [0.1, 0.15) is 5.57 Å². The molecule has 2 aromatic carbocycles. The minimum atomic E-state index is -0.903. The highest BCUT2D eigenvalue weighted by atomic mass is 35.5. The molecule has 9 nitrogen and oxygen atoms in total. The average molecular weight is 557 g/mol. The summed E-state index contributed by atoms with van der Waals surface area (Å²) >= 11 is 6.52. The number of ether oxygens (including phenoxy) is 3. The SMILES string of the molecule is CCCCCCCCOc1c(Cl)cc(/C=C2/C(=O)NC(=O)N(c3ccc(C(=O)OC)cc3)C2=O)cc1OCC. The monoisotopic (exact) mass is 556 g/mol. The lowest BCUT2D eigenvalue weighted by atomic mass is 10.1. The van der Waals surface area contributed by atoms with Gasteiger partial charge in [-0.05, 0) is 61.4 Å². The highest BCUT2D eigenvalue weighted by molar-refractivity contribution is 6.39. The summed E-state index contributed by atoms with van der Waals surface area (Å²) in [7, 11) is 1.25. The number of benzene rings is 2. The van der Waals surface area contributed by atoms with Crippen LogP contribution in [0.5, 0.6) is 11.5 Å². The molecule has 2 aromatic rings. The molecular weight excluding hydrogens is 524 g/mol. The van der Waals surface area contributed by atoms with Crippen LogP contribution in [0.25, 0.3) is 6.08 Å². The molecule has 1 fully saturated rings. The molecule has 0 spiro atoms. The summed E-state index contributed by atoms with van der Waals surface area (Å²) in [6, 6.07) is 7.96. The Balaban J connectivity index is 1.82. The van der Waals surface area contributed by atoms with E-state index in [1.54, 1.807) is 12.1 Å². The maximum absolute atomic E-state index is 13.3. The van der Waals surface area contributed by atoms with Gasteiger partial charge in [-0.15, -0.1) is 0 Å². The van der Waals surface area contributed by atoms with Gasteiger partial charge in [0, 0.05) is 0 Å². The molecule has 0 atom stereocenters. The number of carbonyl (C=O) groups excluding carboxylic acids is 4. The fourth-order valence-electron chi connectivity index (χ4n) is 4.05. The van der Waals surface area contributed by atoms with E-state index in [4.69, 9.17) is 21.1 Å². The summed E-state index contributed by atoms with van der Waals surface area (Å²) in [5.74, 6) is -1.45. The van der Waals surface area contributed by atoms with Crippen LogP contribution in [0, 0.1) is 0 Å². The van der Waals surface area contributed by atoms with Gasteiger partial charge < -0.3 is 14.2 Å². The molecule has 1 aliphatic rings. The van der Waals surface area contributed by atoms with Crippen LogP contribution in [-0.4, -0.2) is 44.1 Å². The van der Waals surface area contributed by atoms with E-state index in [0.717, 1.165) is 24.2 Å². The van der Waals surface area contributed by atoms with Gasteiger partial charge in [-0.25, -0.2) is 14.5 Å². The van der Waals surface area contributed by atoms with E-state index in [2.05, 4.69) is 17.0 Å². The predicted molar refractivity (Wildman–Crippen MR) is 148 cm³/mol. The summed E-state index contributed by atoms with van der Waals surface area (Å²) in [5, 5.41) is 2.45. The smallest absolute Gasteiger partial charge is 0.337 e. The molecule has 1 heterocycles. The lowest BCUT2D eigenvalue weighted by Gasteiger charge is -2.26. The summed E-state index contributed by atoms with van der Waals surface area (Å²) < 4.78 is 16.3. The minimum absolute atomic E-state index is 0.176. The summed E-state index contributed by atoms with van der Waals surface area (Å²) in [6.07, 6.45) is 8.07. The maximum atomic E-state index is 13.3. The predicted octanol–water partition coefficient (Wildman–Crippen LogP) is 5.93. The van der Waals surface area contributed by atoms with Crippen molar-refractivity contribution >= 4 is 47.2 Å². The molecular formula is C29H33ClN2O7. The van der Waals surface area contributed by atoms with Crippen LogP contribution in [0.3, 0.4) is 0 Å². The number of barbiturate groups is 1. The van der Waals surface area contributed by atoms with E-state index in [0.29, 0.717) is 30.3 Å². The van der Waals surface area contributed by atoms with Crippen LogP contribution in [0.15, 0.2) is 42.0 Å². The van der Waals surface area contributed by atoms with E-state index in [-0.39, 0.29) is 21.8 Å². The third-order valence-corrected chi connectivity index (χ3v) is 6.32. The molecule has 10 heteroatoms. The van der Waals surface area contributed by atoms with Crippen molar-refractivity contribution in [1.82, 2.24) is 5.32 Å². The van der Waals surface area contributed by atoms with Gasteiger partial charge in [-0.2, -0.15) is 0 Å². The number of imide groups is 2. The molecule has 1 N–H and O–H groups in total. The molecule has 0 saturated carbocycles. The zero-order valence-corrected chi connectivity index (χ0v) is 23.1.